The second-order valence-electron chi connectivity index (χ2n) is 7.69. The first-order valence-electron chi connectivity index (χ1n) is 10.2. The van der Waals surface area contributed by atoms with Crippen molar-refractivity contribution in [2.24, 2.45) is 0 Å². The molecule has 1 heterocycles. The van der Waals surface area contributed by atoms with Crippen LogP contribution in [-0.2, 0) is 16.1 Å². The van der Waals surface area contributed by atoms with Gasteiger partial charge in [0.15, 0.2) is 0 Å². The van der Waals surface area contributed by atoms with Gasteiger partial charge in [-0.05, 0) is 54.8 Å². The molecule has 0 unspecified atom stereocenters. The van der Waals surface area contributed by atoms with Gasteiger partial charge in [0, 0.05) is 11.3 Å². The van der Waals surface area contributed by atoms with Crippen LogP contribution in [0.4, 0.5) is 10.1 Å². The minimum absolute atomic E-state index is 0.0599. The first-order chi connectivity index (χ1) is 15.4. The zero-order chi connectivity index (χ0) is 22.8. The van der Waals surface area contributed by atoms with E-state index in [0.29, 0.717) is 22.6 Å². The number of halogens is 1. The van der Waals surface area contributed by atoms with E-state index in [9.17, 15) is 14.0 Å². The fourth-order valence-electron chi connectivity index (χ4n) is 3.71. The lowest BCUT2D eigenvalue weighted by molar-refractivity contribution is -0.137. The van der Waals surface area contributed by atoms with Crippen molar-refractivity contribution in [3.8, 4) is 5.75 Å². The molecule has 3 aromatic carbocycles. The molecule has 1 N–H and O–H groups in total. The molecule has 0 bridgehead atoms. The zero-order valence-electron chi connectivity index (χ0n) is 18.1. The van der Waals surface area contributed by atoms with Crippen molar-refractivity contribution in [2.75, 3.05) is 12.4 Å². The van der Waals surface area contributed by atoms with Crippen LogP contribution in [-0.4, -0.2) is 23.8 Å². The average molecular weight is 430 g/mol. The molecule has 0 aromatic heterocycles. The standard InChI is InChI=1S/C26H23FN2O3/c1-16-11-12-18(13-17(16)2)23-24(28-21-9-6-8-20(27)14-21)26(31)29(25(23)30)15-19-7-4-5-10-22(19)32-3/h4-14,28H,15H2,1-3H3. The summed E-state index contributed by atoms with van der Waals surface area (Å²) in [4.78, 5) is 28.1. The summed E-state index contributed by atoms with van der Waals surface area (Å²) in [5, 5.41) is 2.99. The Morgan fingerprint density at radius 2 is 1.69 bits per heavy atom. The van der Waals surface area contributed by atoms with Crippen molar-refractivity contribution in [3.05, 3.63) is 100 Å². The van der Waals surface area contributed by atoms with Gasteiger partial charge in [-0.2, -0.15) is 0 Å². The summed E-state index contributed by atoms with van der Waals surface area (Å²) >= 11 is 0. The van der Waals surface area contributed by atoms with Gasteiger partial charge in [-0.15, -0.1) is 0 Å². The van der Waals surface area contributed by atoms with Crippen LogP contribution < -0.4 is 10.1 Å². The van der Waals surface area contributed by atoms with Crippen LogP contribution in [0.25, 0.3) is 5.57 Å². The molecule has 0 fully saturated rings. The van der Waals surface area contributed by atoms with E-state index < -0.39 is 17.6 Å². The third kappa shape index (κ3) is 3.99. The Balaban J connectivity index is 1.78. The number of amides is 2. The van der Waals surface area contributed by atoms with Crippen LogP contribution in [0.3, 0.4) is 0 Å². The molecule has 0 spiro atoms. The van der Waals surface area contributed by atoms with Crippen molar-refractivity contribution >= 4 is 23.1 Å². The molecule has 32 heavy (non-hydrogen) atoms. The van der Waals surface area contributed by atoms with E-state index >= 15 is 0 Å². The summed E-state index contributed by atoms with van der Waals surface area (Å²) in [7, 11) is 1.54. The largest absolute Gasteiger partial charge is 0.496 e. The molecule has 0 saturated heterocycles. The summed E-state index contributed by atoms with van der Waals surface area (Å²) in [6.45, 7) is 3.99. The Labute approximate surface area is 186 Å². The van der Waals surface area contributed by atoms with Crippen LogP contribution >= 0.6 is 0 Å². The number of anilines is 1. The van der Waals surface area contributed by atoms with E-state index in [-0.39, 0.29) is 17.8 Å². The van der Waals surface area contributed by atoms with Crippen molar-refractivity contribution < 1.29 is 18.7 Å². The molecule has 1 aliphatic heterocycles. The molecule has 3 aromatic rings. The SMILES string of the molecule is COc1ccccc1CN1C(=O)C(Nc2cccc(F)c2)=C(c2ccc(C)c(C)c2)C1=O. The van der Waals surface area contributed by atoms with E-state index in [0.717, 1.165) is 11.1 Å². The minimum atomic E-state index is -0.474. The number of para-hydroxylation sites is 1. The lowest BCUT2D eigenvalue weighted by Crippen LogP contribution is -2.32. The zero-order valence-corrected chi connectivity index (χ0v) is 18.1. The van der Waals surface area contributed by atoms with Crippen molar-refractivity contribution in [1.82, 2.24) is 4.90 Å². The minimum Gasteiger partial charge on any atom is -0.496 e. The van der Waals surface area contributed by atoms with Crippen molar-refractivity contribution in [2.45, 2.75) is 20.4 Å². The van der Waals surface area contributed by atoms with E-state index in [1.807, 2.05) is 50.2 Å². The third-order valence-corrected chi connectivity index (χ3v) is 5.58. The highest BCUT2D eigenvalue weighted by molar-refractivity contribution is 6.36. The number of ether oxygens (including phenoxy) is 1. The van der Waals surface area contributed by atoms with Gasteiger partial charge in [0.1, 0.15) is 17.3 Å². The topological polar surface area (TPSA) is 58.6 Å². The quantitative estimate of drug-likeness (QED) is 0.569. The van der Waals surface area contributed by atoms with Gasteiger partial charge in [0.25, 0.3) is 11.8 Å². The number of hydrogen-bond donors (Lipinski definition) is 1. The molecule has 4 rings (SSSR count). The van der Waals surface area contributed by atoms with Crippen LogP contribution in [0.5, 0.6) is 5.75 Å². The van der Waals surface area contributed by atoms with Gasteiger partial charge in [-0.1, -0.05) is 42.5 Å². The van der Waals surface area contributed by atoms with E-state index in [2.05, 4.69) is 5.32 Å². The van der Waals surface area contributed by atoms with Gasteiger partial charge in [0.2, 0.25) is 0 Å². The van der Waals surface area contributed by atoms with Gasteiger partial charge in [-0.3, -0.25) is 14.5 Å². The van der Waals surface area contributed by atoms with E-state index in [1.54, 1.807) is 25.3 Å². The third-order valence-electron chi connectivity index (χ3n) is 5.58. The van der Waals surface area contributed by atoms with E-state index in [4.69, 9.17) is 4.74 Å². The molecule has 6 heteroatoms. The number of rotatable bonds is 6. The van der Waals surface area contributed by atoms with Crippen LogP contribution in [0.15, 0.2) is 72.4 Å². The molecule has 2 amide bonds. The predicted octanol–water partition coefficient (Wildman–Crippen LogP) is 4.84. The van der Waals surface area contributed by atoms with Gasteiger partial charge in [0.05, 0.1) is 19.2 Å². The number of hydrogen-bond acceptors (Lipinski definition) is 4. The Kier molecular flexibility index (Phi) is 5.77. The Morgan fingerprint density at radius 1 is 0.906 bits per heavy atom. The number of methoxy groups -OCH3 is 1. The normalized spacial score (nSPS) is 13.7. The highest BCUT2D eigenvalue weighted by Crippen LogP contribution is 2.33. The number of carbonyl (C=O) groups is 2. The van der Waals surface area contributed by atoms with Gasteiger partial charge in [-0.25, -0.2) is 4.39 Å². The molecular weight excluding hydrogens is 407 g/mol. The number of aryl methyl sites for hydroxylation is 2. The number of imide groups is 1. The molecule has 0 aliphatic carbocycles. The second kappa shape index (κ2) is 8.67. The smallest absolute Gasteiger partial charge is 0.278 e. The lowest BCUT2D eigenvalue weighted by atomic mass is 9.99. The summed E-state index contributed by atoms with van der Waals surface area (Å²) in [5.41, 5.74) is 4.20. The molecule has 0 atom stereocenters. The monoisotopic (exact) mass is 430 g/mol. The summed E-state index contributed by atoms with van der Waals surface area (Å²) in [6.07, 6.45) is 0. The average Bonchev–Trinajstić information content (AvgIpc) is 3.00. The number of carbonyl (C=O) groups excluding carboxylic acids is 2. The maximum absolute atomic E-state index is 13.7. The maximum atomic E-state index is 13.7. The number of nitrogens with one attached hydrogen (secondary N) is 1. The summed E-state index contributed by atoms with van der Waals surface area (Å²) in [5.74, 6) is -0.736. The number of nitrogens with zero attached hydrogens (tertiary/aromatic N) is 1. The van der Waals surface area contributed by atoms with Gasteiger partial charge >= 0.3 is 0 Å². The molecule has 1 aliphatic rings. The Morgan fingerprint density at radius 3 is 2.41 bits per heavy atom. The van der Waals surface area contributed by atoms with Crippen LogP contribution in [0.1, 0.15) is 22.3 Å². The first-order valence-corrected chi connectivity index (χ1v) is 10.2. The molecule has 162 valence electrons. The van der Waals surface area contributed by atoms with Crippen LogP contribution in [0, 0.1) is 19.7 Å². The van der Waals surface area contributed by atoms with Gasteiger partial charge < -0.3 is 10.1 Å². The Hall–Kier alpha value is -3.93. The maximum Gasteiger partial charge on any atom is 0.278 e. The van der Waals surface area contributed by atoms with Crippen molar-refractivity contribution in [1.29, 1.82) is 0 Å². The first kappa shape index (κ1) is 21.3. The number of benzene rings is 3. The summed E-state index contributed by atoms with van der Waals surface area (Å²) in [6, 6.07) is 18.7. The molecular formula is C26H23FN2O3. The Bertz CT molecular complexity index is 1250. The predicted molar refractivity (Wildman–Crippen MR) is 121 cm³/mol. The van der Waals surface area contributed by atoms with Crippen molar-refractivity contribution in [3.63, 3.8) is 0 Å². The molecule has 5 nitrogen and oxygen atoms in total. The molecule has 0 radical (unpaired) electrons. The second-order valence-corrected chi connectivity index (χ2v) is 7.69. The van der Waals surface area contributed by atoms with Crippen LogP contribution in [0.2, 0.25) is 0 Å². The fourth-order valence-corrected chi connectivity index (χ4v) is 3.71. The molecule has 0 saturated carbocycles. The summed E-state index contributed by atoms with van der Waals surface area (Å²) < 4.78 is 19.1. The fraction of sp³-hybridized carbons (Fsp3) is 0.154. The van der Waals surface area contributed by atoms with E-state index in [1.165, 1.54) is 17.0 Å². The highest BCUT2D eigenvalue weighted by Gasteiger charge is 2.39. The highest BCUT2D eigenvalue weighted by atomic mass is 19.1. The lowest BCUT2D eigenvalue weighted by Gasteiger charge is -2.17.